The Morgan fingerprint density at radius 3 is 2.25 bits per heavy atom. The average molecular weight is 495 g/mol. The summed E-state index contributed by atoms with van der Waals surface area (Å²) in [5, 5.41) is 0. The maximum atomic E-state index is 15.0. The summed E-state index contributed by atoms with van der Waals surface area (Å²) < 4.78 is 55.6. The highest BCUT2D eigenvalue weighted by Crippen LogP contribution is 2.34. The Balaban J connectivity index is 1.46. The van der Waals surface area contributed by atoms with E-state index in [4.69, 9.17) is 9.47 Å². The van der Waals surface area contributed by atoms with E-state index in [1.54, 1.807) is 36.4 Å². The lowest BCUT2D eigenvalue weighted by Crippen LogP contribution is -2.23. The van der Waals surface area contributed by atoms with E-state index in [0.29, 0.717) is 29.9 Å². The lowest BCUT2D eigenvalue weighted by atomic mass is 9.89. The molecule has 2 atom stereocenters. The third-order valence-corrected chi connectivity index (χ3v) is 6.74. The van der Waals surface area contributed by atoms with Gasteiger partial charge in [-0.25, -0.2) is 8.78 Å². The Bertz CT molecular complexity index is 1180. The van der Waals surface area contributed by atoms with Crippen LogP contribution in [0.3, 0.4) is 0 Å². The number of benzene rings is 3. The van der Waals surface area contributed by atoms with Gasteiger partial charge in [0.15, 0.2) is 11.6 Å². The van der Waals surface area contributed by atoms with E-state index in [0.717, 1.165) is 37.7 Å². The molecule has 3 aromatic carbocycles. The van der Waals surface area contributed by atoms with Gasteiger partial charge in [-0.15, -0.1) is 0 Å². The highest BCUT2D eigenvalue weighted by atomic mass is 19.2. The Morgan fingerprint density at radius 2 is 1.61 bits per heavy atom. The molecule has 4 rings (SSSR count). The van der Waals surface area contributed by atoms with Crippen LogP contribution in [0.25, 0.3) is 22.3 Å². The molecule has 2 nitrogen and oxygen atoms in total. The van der Waals surface area contributed by atoms with Gasteiger partial charge in [0.05, 0.1) is 19.3 Å². The van der Waals surface area contributed by atoms with E-state index in [-0.39, 0.29) is 29.2 Å². The second-order valence-electron chi connectivity index (χ2n) is 9.28. The molecule has 1 heterocycles. The van der Waals surface area contributed by atoms with Gasteiger partial charge in [0.2, 0.25) is 5.82 Å². The van der Waals surface area contributed by atoms with Gasteiger partial charge >= 0.3 is 0 Å². The predicted octanol–water partition coefficient (Wildman–Crippen LogP) is 8.85. The van der Waals surface area contributed by atoms with Gasteiger partial charge in [0, 0.05) is 17.0 Å². The fourth-order valence-corrected chi connectivity index (χ4v) is 4.65. The van der Waals surface area contributed by atoms with Crippen LogP contribution in [0, 0.1) is 17.5 Å². The number of rotatable bonds is 9. The zero-order valence-corrected chi connectivity index (χ0v) is 20.9. The van der Waals surface area contributed by atoms with Gasteiger partial charge in [0.25, 0.3) is 0 Å². The van der Waals surface area contributed by atoms with Crippen LogP contribution in [0.4, 0.5) is 13.2 Å². The molecular weight excluding hydrogens is 461 g/mol. The molecule has 0 amide bonds. The monoisotopic (exact) mass is 494 g/mol. The van der Waals surface area contributed by atoms with E-state index in [1.165, 1.54) is 12.1 Å². The summed E-state index contributed by atoms with van der Waals surface area (Å²) in [4.78, 5) is 0. The molecule has 36 heavy (non-hydrogen) atoms. The molecule has 2 unspecified atom stereocenters. The van der Waals surface area contributed by atoms with Gasteiger partial charge < -0.3 is 9.47 Å². The highest BCUT2D eigenvalue weighted by Gasteiger charge is 2.22. The van der Waals surface area contributed by atoms with Crippen molar-refractivity contribution in [2.24, 2.45) is 0 Å². The molecule has 1 fully saturated rings. The van der Waals surface area contributed by atoms with Crippen molar-refractivity contribution in [2.75, 3.05) is 13.2 Å². The molecule has 0 bridgehead atoms. The number of ether oxygens (including phenoxy) is 2. The number of hydrogen-bond acceptors (Lipinski definition) is 2. The summed E-state index contributed by atoms with van der Waals surface area (Å²) >= 11 is 0. The van der Waals surface area contributed by atoms with E-state index in [1.807, 2.05) is 19.1 Å². The molecule has 0 N–H and O–H groups in total. The summed E-state index contributed by atoms with van der Waals surface area (Å²) in [7, 11) is 0. The van der Waals surface area contributed by atoms with Crippen molar-refractivity contribution in [3.63, 3.8) is 0 Å². The van der Waals surface area contributed by atoms with E-state index >= 15 is 4.39 Å². The fraction of sp³-hybridized carbons (Fsp3) is 0.355. The van der Waals surface area contributed by atoms with E-state index in [2.05, 4.69) is 13.0 Å². The normalized spacial score (nSPS) is 18.0. The maximum absolute atomic E-state index is 15.0. The molecule has 190 valence electrons. The Kier molecular flexibility index (Phi) is 8.87. The molecule has 0 spiro atoms. The Hall–Kier alpha value is -3.05. The maximum Gasteiger partial charge on any atom is 0.201 e. The van der Waals surface area contributed by atoms with Crippen LogP contribution in [-0.4, -0.2) is 19.3 Å². The largest absolute Gasteiger partial charge is 0.490 e. The first-order valence-corrected chi connectivity index (χ1v) is 12.8. The summed E-state index contributed by atoms with van der Waals surface area (Å²) in [5.41, 5.74) is 2.73. The average Bonchev–Trinajstić information content (AvgIpc) is 2.90. The number of allylic oxidation sites excluding steroid dienone is 1. The van der Waals surface area contributed by atoms with Crippen molar-refractivity contribution in [1.29, 1.82) is 0 Å². The summed E-state index contributed by atoms with van der Waals surface area (Å²) in [6.45, 7) is 4.98. The lowest BCUT2D eigenvalue weighted by Gasteiger charge is -2.28. The molecule has 1 aliphatic rings. The second-order valence-corrected chi connectivity index (χ2v) is 9.28. The van der Waals surface area contributed by atoms with Gasteiger partial charge in [0.1, 0.15) is 5.82 Å². The van der Waals surface area contributed by atoms with Crippen molar-refractivity contribution >= 4 is 0 Å². The highest BCUT2D eigenvalue weighted by molar-refractivity contribution is 5.71. The first-order valence-electron chi connectivity index (χ1n) is 12.8. The number of halogens is 3. The molecule has 5 heteroatoms. The molecule has 0 aromatic heterocycles. The van der Waals surface area contributed by atoms with Crippen LogP contribution in [0.2, 0.25) is 0 Å². The first-order chi connectivity index (χ1) is 17.5. The minimum Gasteiger partial charge on any atom is -0.490 e. The number of unbranched alkanes of at least 4 members (excludes halogenated alkanes) is 2. The molecule has 1 saturated heterocycles. The van der Waals surface area contributed by atoms with Crippen molar-refractivity contribution in [2.45, 2.75) is 58.0 Å². The summed E-state index contributed by atoms with van der Waals surface area (Å²) in [6.07, 6.45) is 8.86. The van der Waals surface area contributed by atoms with Crippen LogP contribution in [0.5, 0.6) is 5.75 Å². The van der Waals surface area contributed by atoms with Crippen LogP contribution in [0.15, 0.2) is 66.7 Å². The Labute approximate surface area is 211 Å². The first kappa shape index (κ1) is 26.0. The van der Waals surface area contributed by atoms with Crippen LogP contribution in [-0.2, 0) is 4.74 Å². The molecule has 0 saturated carbocycles. The van der Waals surface area contributed by atoms with Crippen molar-refractivity contribution < 1.29 is 22.6 Å². The fourth-order valence-electron chi connectivity index (χ4n) is 4.65. The van der Waals surface area contributed by atoms with Crippen molar-refractivity contribution in [3.05, 3.63) is 89.8 Å². The van der Waals surface area contributed by atoms with Crippen LogP contribution < -0.4 is 4.74 Å². The minimum atomic E-state index is -0.988. The zero-order valence-electron chi connectivity index (χ0n) is 20.9. The van der Waals surface area contributed by atoms with E-state index in [9.17, 15) is 8.78 Å². The van der Waals surface area contributed by atoms with E-state index < -0.39 is 11.6 Å². The molecule has 0 radical (unpaired) electrons. The minimum absolute atomic E-state index is 0.0770. The van der Waals surface area contributed by atoms with Crippen molar-refractivity contribution in [1.82, 2.24) is 0 Å². The second kappa shape index (κ2) is 12.3. The van der Waals surface area contributed by atoms with Gasteiger partial charge in [-0.05, 0) is 61.1 Å². The van der Waals surface area contributed by atoms with Gasteiger partial charge in [-0.1, -0.05) is 68.3 Å². The molecular formula is C31H33F3O2. The van der Waals surface area contributed by atoms with Gasteiger partial charge in [-0.3, -0.25) is 0 Å². The standard InChI is InChI=1S/C31H33F3O2/c1-3-5-6-18-35-29-17-16-27(30(33)31(29)34)22-10-8-21(9-11-22)26-15-13-23(19-28(26)32)24-12-14-25(7-4-2)36-20-24/h4,7-11,13,15-17,19,24-25H,3,5-6,12,14,18,20H2,1-2H3/b7-4+. The quantitative estimate of drug-likeness (QED) is 0.218. The smallest absolute Gasteiger partial charge is 0.201 e. The third-order valence-electron chi connectivity index (χ3n) is 6.74. The number of hydrogen-bond donors (Lipinski definition) is 0. The Morgan fingerprint density at radius 1 is 0.889 bits per heavy atom. The van der Waals surface area contributed by atoms with Crippen LogP contribution >= 0.6 is 0 Å². The summed E-state index contributed by atoms with van der Waals surface area (Å²) in [5.74, 6) is -2.14. The molecule has 3 aromatic rings. The van der Waals surface area contributed by atoms with Crippen molar-refractivity contribution in [3.8, 4) is 28.0 Å². The topological polar surface area (TPSA) is 18.5 Å². The van der Waals surface area contributed by atoms with Crippen LogP contribution in [0.1, 0.15) is 57.4 Å². The predicted molar refractivity (Wildman–Crippen MR) is 139 cm³/mol. The van der Waals surface area contributed by atoms with Gasteiger partial charge in [-0.2, -0.15) is 4.39 Å². The molecule has 1 aliphatic heterocycles. The summed E-state index contributed by atoms with van der Waals surface area (Å²) in [6, 6.07) is 15.1. The zero-order chi connectivity index (χ0) is 25.5. The third kappa shape index (κ3) is 6.01. The molecule has 0 aliphatic carbocycles. The lowest BCUT2D eigenvalue weighted by molar-refractivity contribution is 0.0326. The SMILES string of the molecule is C/C=C/C1CCC(c2ccc(-c3ccc(-c4ccc(OCCCCC)c(F)c4F)cc3)c(F)c2)CO1.